The first kappa shape index (κ1) is 37.6. The highest BCUT2D eigenvalue weighted by atomic mass is 14.9. The number of benzene rings is 10. The lowest BCUT2D eigenvalue weighted by atomic mass is 9.86. The molecule has 62 heavy (non-hydrogen) atoms. The number of fused-ring (bicyclic) bond motifs is 8. The third kappa shape index (κ3) is 7.39. The fourth-order valence-corrected chi connectivity index (χ4v) is 9.27. The zero-order valence-electron chi connectivity index (χ0n) is 35.3. The Bertz CT molecular complexity index is 3280. The molecule has 2 nitrogen and oxygen atoms in total. The minimum atomic E-state index is 1.09. The van der Waals surface area contributed by atoms with Gasteiger partial charge in [0.25, 0.3) is 0 Å². The van der Waals surface area contributed by atoms with E-state index in [0.29, 0.717) is 0 Å². The Kier molecular flexibility index (Phi) is 9.62. The molecule has 298 valence electrons. The summed E-state index contributed by atoms with van der Waals surface area (Å²) in [6.07, 6.45) is 4.89. The fourth-order valence-electron chi connectivity index (χ4n) is 9.27. The Morgan fingerprint density at radius 2 is 0.677 bits per heavy atom. The molecule has 0 aliphatic heterocycles. The van der Waals surface area contributed by atoms with Crippen LogP contribution in [0.2, 0.25) is 0 Å². The molecule has 0 fully saturated rings. The van der Waals surface area contributed by atoms with Gasteiger partial charge in [0.05, 0.1) is 0 Å². The first-order valence-electron chi connectivity index (χ1n) is 22.0. The molecule has 2 aliphatic rings. The Hall–Kier alpha value is -7.42. The second kappa shape index (κ2) is 15.9. The highest BCUT2D eigenvalue weighted by molar-refractivity contribution is 6.25. The first-order valence-corrected chi connectivity index (χ1v) is 22.0. The van der Waals surface area contributed by atoms with E-state index < -0.39 is 0 Å². The maximum absolute atomic E-state index is 3.61. The van der Waals surface area contributed by atoms with Gasteiger partial charge in [-0.1, -0.05) is 151 Å². The van der Waals surface area contributed by atoms with Gasteiger partial charge in [0.15, 0.2) is 0 Å². The molecule has 0 unspecified atom stereocenters. The van der Waals surface area contributed by atoms with Crippen molar-refractivity contribution in [1.29, 1.82) is 0 Å². The molecule has 10 aromatic rings. The topological polar surface area (TPSA) is 24.1 Å². The van der Waals surface area contributed by atoms with Crippen molar-refractivity contribution < 1.29 is 0 Å². The van der Waals surface area contributed by atoms with E-state index in [9.17, 15) is 0 Å². The lowest BCUT2D eigenvalue weighted by molar-refractivity contribution is 0.840. The van der Waals surface area contributed by atoms with Crippen LogP contribution in [0, 0.1) is 13.8 Å². The minimum Gasteiger partial charge on any atom is -0.356 e. The Morgan fingerprint density at radius 3 is 1.21 bits per heavy atom. The van der Waals surface area contributed by atoms with Crippen molar-refractivity contribution in [3.63, 3.8) is 0 Å². The second-order valence-electron chi connectivity index (χ2n) is 17.2. The van der Waals surface area contributed by atoms with Gasteiger partial charge in [0.1, 0.15) is 0 Å². The van der Waals surface area contributed by atoms with Crippen LogP contribution in [0.25, 0.3) is 65.7 Å². The van der Waals surface area contributed by atoms with Crippen LogP contribution in [0.1, 0.15) is 33.4 Å². The van der Waals surface area contributed by atoms with Crippen molar-refractivity contribution >= 4 is 55.1 Å². The number of nitrogens with one attached hydrogen (secondary N) is 2. The molecular formula is C60H48N2. The summed E-state index contributed by atoms with van der Waals surface area (Å²) in [7, 11) is 0. The smallest absolute Gasteiger partial charge is 0.0390 e. The molecular weight excluding hydrogens is 749 g/mol. The molecule has 0 atom stereocenters. The Balaban J connectivity index is 0.000000166. The maximum atomic E-state index is 3.61. The molecule has 12 rings (SSSR count). The molecule has 0 bridgehead atoms. The van der Waals surface area contributed by atoms with Crippen molar-refractivity contribution in [1.82, 2.24) is 0 Å². The van der Waals surface area contributed by atoms with Crippen molar-refractivity contribution in [2.24, 2.45) is 0 Å². The summed E-state index contributed by atoms with van der Waals surface area (Å²) in [5, 5.41) is 15.0. The monoisotopic (exact) mass is 796 g/mol. The predicted octanol–water partition coefficient (Wildman–Crippen LogP) is 16.1. The van der Waals surface area contributed by atoms with Gasteiger partial charge in [0.2, 0.25) is 0 Å². The normalized spacial score (nSPS) is 12.4. The van der Waals surface area contributed by atoms with Crippen molar-refractivity contribution in [2.75, 3.05) is 10.6 Å². The third-order valence-corrected chi connectivity index (χ3v) is 13.0. The van der Waals surface area contributed by atoms with Crippen LogP contribution in [0.15, 0.2) is 194 Å². The van der Waals surface area contributed by atoms with Gasteiger partial charge in [-0.25, -0.2) is 0 Å². The number of hydrogen-bond acceptors (Lipinski definition) is 2. The summed E-state index contributed by atoms with van der Waals surface area (Å²) in [6.45, 7) is 4.28. The van der Waals surface area contributed by atoms with Gasteiger partial charge in [-0.05, 0) is 182 Å². The molecule has 10 aromatic carbocycles. The molecule has 0 heterocycles. The van der Waals surface area contributed by atoms with Gasteiger partial charge in [-0.15, -0.1) is 0 Å². The standard InChI is InChI=1S/C39H29N.C21H19N/c1-25-9-19-36-37-20-16-31(24-39(37)35-8-3-2-7-34(35)38(36)21-25)27-14-17-32(18-15-27)40-33-6-4-5-28(23-33)30-13-11-26-10-12-29(26)22-30;1-15-5-11-20(12-6-15)22-21-4-2-3-17(14-21)19-10-8-16-7-9-18(16)13-19/h2-9,11,13-24,40H,10,12H2,1H3;2-6,8,10-14,22H,7,9H2,1H3. The molecule has 0 saturated carbocycles. The van der Waals surface area contributed by atoms with Crippen LogP contribution in [0.3, 0.4) is 0 Å². The van der Waals surface area contributed by atoms with Crippen molar-refractivity contribution in [3.8, 4) is 33.4 Å². The highest BCUT2D eigenvalue weighted by Crippen LogP contribution is 2.38. The minimum absolute atomic E-state index is 1.09. The van der Waals surface area contributed by atoms with Crippen molar-refractivity contribution in [2.45, 2.75) is 39.5 Å². The second-order valence-corrected chi connectivity index (χ2v) is 17.2. The van der Waals surface area contributed by atoms with Gasteiger partial charge in [-0.2, -0.15) is 0 Å². The van der Waals surface area contributed by atoms with E-state index in [1.54, 1.807) is 0 Å². The number of anilines is 4. The largest absolute Gasteiger partial charge is 0.356 e. The van der Waals surface area contributed by atoms with Crippen LogP contribution >= 0.6 is 0 Å². The summed E-state index contributed by atoms with van der Waals surface area (Å²) < 4.78 is 0. The maximum Gasteiger partial charge on any atom is 0.0390 e. The van der Waals surface area contributed by atoms with Crippen LogP contribution in [-0.2, 0) is 25.7 Å². The highest BCUT2D eigenvalue weighted by Gasteiger charge is 2.15. The molecule has 0 spiro atoms. The van der Waals surface area contributed by atoms with Crippen LogP contribution in [0.5, 0.6) is 0 Å². The summed E-state index contributed by atoms with van der Waals surface area (Å²) in [5.41, 5.74) is 20.6. The number of rotatable bonds is 7. The zero-order chi connectivity index (χ0) is 41.6. The Labute approximate surface area is 364 Å². The molecule has 2 N–H and O–H groups in total. The van der Waals surface area contributed by atoms with Crippen LogP contribution in [0.4, 0.5) is 22.7 Å². The summed E-state index contributed by atoms with van der Waals surface area (Å²) in [6, 6.07) is 70.9. The molecule has 2 aliphatic carbocycles. The lowest BCUT2D eigenvalue weighted by Gasteiger charge is -2.19. The van der Waals surface area contributed by atoms with Gasteiger partial charge < -0.3 is 10.6 Å². The molecule has 2 heteroatoms. The third-order valence-electron chi connectivity index (χ3n) is 13.0. The van der Waals surface area contributed by atoms with E-state index in [1.165, 1.54) is 125 Å². The quantitative estimate of drug-likeness (QED) is 0.157. The van der Waals surface area contributed by atoms with E-state index in [-0.39, 0.29) is 0 Å². The van der Waals surface area contributed by atoms with Gasteiger partial charge in [0, 0.05) is 22.7 Å². The SMILES string of the molecule is Cc1ccc(Nc2cccc(-c3ccc4c(c3)CC4)c2)cc1.Cc1ccc2c3ccc(-c4ccc(Nc5cccc(-c6ccc7c(c6)CC7)c5)cc4)cc3c3ccccc3c2c1. The molecule has 0 amide bonds. The predicted molar refractivity (Wildman–Crippen MR) is 265 cm³/mol. The van der Waals surface area contributed by atoms with Crippen molar-refractivity contribution in [3.05, 3.63) is 228 Å². The lowest BCUT2D eigenvalue weighted by Crippen LogP contribution is -2.07. The fraction of sp³-hybridized carbons (Fsp3) is 0.100. The Morgan fingerprint density at radius 1 is 0.258 bits per heavy atom. The van der Waals surface area contributed by atoms with E-state index in [1.807, 2.05) is 0 Å². The van der Waals surface area contributed by atoms with E-state index in [0.717, 1.165) is 22.7 Å². The van der Waals surface area contributed by atoms with Crippen LogP contribution < -0.4 is 10.6 Å². The average molecular weight is 797 g/mol. The van der Waals surface area contributed by atoms with E-state index >= 15 is 0 Å². The average Bonchev–Trinajstić information content (AvgIpc) is 3.29. The summed E-state index contributed by atoms with van der Waals surface area (Å²) in [4.78, 5) is 0. The summed E-state index contributed by atoms with van der Waals surface area (Å²) >= 11 is 0. The molecule has 0 aromatic heterocycles. The first-order chi connectivity index (χ1) is 30.5. The molecule has 0 radical (unpaired) electrons. The molecule has 0 saturated heterocycles. The zero-order valence-corrected chi connectivity index (χ0v) is 35.3. The van der Waals surface area contributed by atoms with Gasteiger partial charge in [-0.3, -0.25) is 0 Å². The number of hydrogen-bond donors (Lipinski definition) is 2. The summed E-state index contributed by atoms with van der Waals surface area (Å²) in [5.74, 6) is 0. The van der Waals surface area contributed by atoms with Crippen LogP contribution in [-0.4, -0.2) is 0 Å². The van der Waals surface area contributed by atoms with E-state index in [2.05, 4.69) is 219 Å². The van der Waals surface area contributed by atoms with E-state index in [4.69, 9.17) is 0 Å². The van der Waals surface area contributed by atoms with Gasteiger partial charge >= 0.3 is 0 Å². The number of aryl methyl sites for hydroxylation is 6.